The number of aliphatic hydroxyl groups is 1. The number of benzene rings is 2. The van der Waals surface area contributed by atoms with Crippen LogP contribution >= 0.6 is 11.6 Å². The summed E-state index contributed by atoms with van der Waals surface area (Å²) in [7, 11) is 0. The lowest BCUT2D eigenvalue weighted by atomic mass is 9.78. The van der Waals surface area contributed by atoms with Crippen molar-refractivity contribution in [1.82, 2.24) is 0 Å². The Morgan fingerprint density at radius 3 is 1.61 bits per heavy atom. The van der Waals surface area contributed by atoms with E-state index in [-0.39, 0.29) is 31.1 Å². The van der Waals surface area contributed by atoms with Crippen LogP contribution in [0.2, 0.25) is 0 Å². The lowest BCUT2D eigenvalue weighted by Gasteiger charge is -2.27. The monoisotopic (exact) mass is 522 g/mol. The summed E-state index contributed by atoms with van der Waals surface area (Å²) in [6.07, 6.45) is -2.10. The van der Waals surface area contributed by atoms with Crippen LogP contribution in [0.25, 0.3) is 0 Å². The first kappa shape index (κ1) is 29.4. The van der Waals surface area contributed by atoms with Gasteiger partial charge in [0.2, 0.25) is 0 Å². The Bertz CT molecular complexity index is 957. The van der Waals surface area contributed by atoms with Crippen LogP contribution in [0, 0.1) is 0 Å². The highest BCUT2D eigenvalue weighted by atomic mass is 35.5. The minimum Gasteiger partial charge on any atom is -0.490 e. The highest BCUT2D eigenvalue weighted by molar-refractivity contribution is 6.18. The fourth-order valence-electron chi connectivity index (χ4n) is 3.42. The third-order valence-electron chi connectivity index (χ3n) is 5.38. The molecule has 0 radical (unpaired) electrons. The first-order valence-electron chi connectivity index (χ1n) is 11.7. The zero-order valence-electron chi connectivity index (χ0n) is 21.4. The average Bonchev–Trinajstić information content (AvgIpc) is 2.83. The zero-order valence-corrected chi connectivity index (χ0v) is 22.1. The van der Waals surface area contributed by atoms with Crippen LogP contribution in [0.3, 0.4) is 0 Å². The number of alkyl halides is 1. The Hall–Kier alpha value is -2.81. The lowest BCUT2D eigenvalue weighted by Crippen LogP contribution is -2.30. The molecule has 0 fully saturated rings. The molecular formula is C27H35ClO8. The molecule has 2 aromatic carbocycles. The topological polar surface area (TPSA) is 101 Å². The molecule has 0 aliphatic heterocycles. The number of hydrogen-bond acceptors (Lipinski definition) is 8. The zero-order chi connectivity index (χ0) is 26.7. The molecule has 0 aliphatic carbocycles. The SMILES string of the molecule is CC(=O)O[C@@H](CCl)COc1ccc(C(C)(C)c2ccc(OC[C@@H](COC(C)O)OC(C)=O)cc2)cc1. The number of rotatable bonds is 14. The highest BCUT2D eigenvalue weighted by Gasteiger charge is 2.23. The van der Waals surface area contributed by atoms with Gasteiger partial charge in [0, 0.05) is 19.3 Å². The third-order valence-corrected chi connectivity index (χ3v) is 5.73. The molecule has 3 atom stereocenters. The van der Waals surface area contributed by atoms with Crippen molar-refractivity contribution < 1.29 is 38.4 Å². The fraction of sp³-hybridized carbons (Fsp3) is 0.481. The van der Waals surface area contributed by atoms with Crippen molar-refractivity contribution >= 4 is 23.5 Å². The molecule has 1 N–H and O–H groups in total. The Balaban J connectivity index is 1.99. The highest BCUT2D eigenvalue weighted by Crippen LogP contribution is 2.33. The molecule has 1 unspecified atom stereocenters. The molecule has 2 rings (SSSR count). The van der Waals surface area contributed by atoms with Gasteiger partial charge in [0.05, 0.1) is 12.5 Å². The van der Waals surface area contributed by atoms with Gasteiger partial charge in [-0.3, -0.25) is 9.59 Å². The van der Waals surface area contributed by atoms with E-state index >= 15 is 0 Å². The van der Waals surface area contributed by atoms with E-state index in [9.17, 15) is 14.7 Å². The molecule has 0 bridgehead atoms. The van der Waals surface area contributed by atoms with Gasteiger partial charge < -0.3 is 28.8 Å². The third kappa shape index (κ3) is 9.68. The van der Waals surface area contributed by atoms with Crippen LogP contribution in [0.1, 0.15) is 45.7 Å². The van der Waals surface area contributed by atoms with Crippen molar-refractivity contribution in [2.75, 3.05) is 25.7 Å². The standard InChI is InChI=1S/C27H35ClO8/c1-18(29)32-16-26(36-20(3)31)17-34-24-12-8-22(9-13-24)27(4,5)21-6-10-23(11-7-21)33-15-25(14-28)35-19(2)30/h6-13,18,25-26,29H,14-17H2,1-5H3/t18?,25-,26+/m0/s1. The van der Waals surface area contributed by atoms with E-state index in [4.69, 9.17) is 35.3 Å². The van der Waals surface area contributed by atoms with E-state index in [1.807, 2.05) is 48.5 Å². The van der Waals surface area contributed by atoms with Gasteiger partial charge in [-0.2, -0.15) is 0 Å². The minimum atomic E-state index is -0.964. The van der Waals surface area contributed by atoms with E-state index in [1.165, 1.54) is 20.8 Å². The van der Waals surface area contributed by atoms with Gasteiger partial charge in [-0.1, -0.05) is 38.1 Å². The number of ether oxygens (including phenoxy) is 5. The van der Waals surface area contributed by atoms with E-state index in [0.717, 1.165) is 11.1 Å². The van der Waals surface area contributed by atoms with Crippen molar-refractivity contribution in [3.05, 3.63) is 59.7 Å². The Morgan fingerprint density at radius 1 is 0.806 bits per heavy atom. The van der Waals surface area contributed by atoms with Gasteiger partial charge in [0.15, 0.2) is 12.4 Å². The van der Waals surface area contributed by atoms with Crippen molar-refractivity contribution in [3.63, 3.8) is 0 Å². The maximum Gasteiger partial charge on any atom is 0.303 e. The molecule has 8 nitrogen and oxygen atoms in total. The molecule has 0 spiro atoms. The molecule has 36 heavy (non-hydrogen) atoms. The second kappa shape index (κ2) is 14.1. The van der Waals surface area contributed by atoms with Crippen molar-refractivity contribution in [3.8, 4) is 11.5 Å². The summed E-state index contributed by atoms with van der Waals surface area (Å²) in [5.74, 6) is 0.586. The quantitative estimate of drug-likeness (QED) is 0.223. The van der Waals surface area contributed by atoms with Gasteiger partial charge in [-0.15, -0.1) is 11.6 Å². The number of halogens is 1. The molecular weight excluding hydrogens is 488 g/mol. The number of hydrogen-bond donors (Lipinski definition) is 1. The van der Waals surface area contributed by atoms with E-state index in [1.54, 1.807) is 0 Å². The molecule has 0 amide bonds. The normalized spacial score (nSPS) is 13.9. The van der Waals surface area contributed by atoms with Crippen molar-refractivity contribution in [2.24, 2.45) is 0 Å². The first-order chi connectivity index (χ1) is 17.0. The number of carbonyl (C=O) groups is 2. The number of aliphatic hydroxyl groups excluding tert-OH is 1. The van der Waals surface area contributed by atoms with Crippen LogP contribution in [0.4, 0.5) is 0 Å². The second-order valence-corrected chi connectivity index (χ2v) is 9.15. The fourth-order valence-corrected chi connectivity index (χ4v) is 3.57. The molecule has 2 aromatic rings. The summed E-state index contributed by atoms with van der Waals surface area (Å²) in [5.41, 5.74) is 1.87. The van der Waals surface area contributed by atoms with Crippen LogP contribution in [-0.2, 0) is 29.2 Å². The smallest absolute Gasteiger partial charge is 0.303 e. The largest absolute Gasteiger partial charge is 0.490 e. The lowest BCUT2D eigenvalue weighted by molar-refractivity contribution is -0.160. The Morgan fingerprint density at radius 2 is 1.22 bits per heavy atom. The molecule has 9 heteroatoms. The van der Waals surface area contributed by atoms with Gasteiger partial charge in [-0.05, 0) is 42.3 Å². The maximum atomic E-state index is 11.3. The summed E-state index contributed by atoms with van der Waals surface area (Å²) < 4.78 is 26.9. The Labute approximate surface area is 217 Å². The second-order valence-electron chi connectivity index (χ2n) is 8.85. The van der Waals surface area contributed by atoms with E-state index in [2.05, 4.69) is 13.8 Å². The number of carbonyl (C=O) groups excluding carboxylic acids is 2. The van der Waals surface area contributed by atoms with Gasteiger partial charge in [0.25, 0.3) is 0 Å². The summed E-state index contributed by atoms with van der Waals surface area (Å²) in [5, 5.41) is 9.29. The van der Waals surface area contributed by atoms with Crippen molar-refractivity contribution in [1.29, 1.82) is 0 Å². The summed E-state index contributed by atoms with van der Waals surface area (Å²) in [6, 6.07) is 15.4. The number of esters is 2. The predicted octanol–water partition coefficient (Wildman–Crippen LogP) is 4.23. The van der Waals surface area contributed by atoms with E-state index in [0.29, 0.717) is 11.5 Å². The molecule has 0 saturated carbocycles. The summed E-state index contributed by atoms with van der Waals surface area (Å²) in [4.78, 5) is 22.4. The van der Waals surface area contributed by atoms with Crippen LogP contribution in [0.5, 0.6) is 11.5 Å². The average molecular weight is 523 g/mol. The molecule has 0 saturated heterocycles. The molecule has 0 aliphatic rings. The Kier molecular flexibility index (Phi) is 11.5. The molecule has 0 heterocycles. The van der Waals surface area contributed by atoms with Gasteiger partial charge in [-0.25, -0.2) is 0 Å². The van der Waals surface area contributed by atoms with Crippen molar-refractivity contribution in [2.45, 2.75) is 58.5 Å². The van der Waals surface area contributed by atoms with Crippen LogP contribution in [-0.4, -0.2) is 61.2 Å². The predicted molar refractivity (Wildman–Crippen MR) is 135 cm³/mol. The van der Waals surface area contributed by atoms with E-state index < -0.39 is 30.4 Å². The minimum absolute atomic E-state index is 0.0261. The first-order valence-corrected chi connectivity index (χ1v) is 12.2. The van der Waals surface area contributed by atoms with Gasteiger partial charge >= 0.3 is 11.9 Å². The van der Waals surface area contributed by atoms with Crippen LogP contribution < -0.4 is 9.47 Å². The molecule has 198 valence electrons. The van der Waals surface area contributed by atoms with Crippen LogP contribution in [0.15, 0.2) is 48.5 Å². The molecule has 0 aromatic heterocycles. The maximum absolute atomic E-state index is 11.3. The summed E-state index contributed by atoms with van der Waals surface area (Å²) in [6.45, 7) is 8.66. The summed E-state index contributed by atoms with van der Waals surface area (Å²) >= 11 is 5.82. The van der Waals surface area contributed by atoms with Gasteiger partial charge in [0.1, 0.15) is 30.8 Å².